The van der Waals surface area contributed by atoms with Crippen LogP contribution in [-0.2, 0) is 11.3 Å². The molecule has 0 unspecified atom stereocenters. The largest absolute Gasteiger partial charge is 0.465 e. The number of hydrazone groups is 1. The first-order valence-electron chi connectivity index (χ1n) is 8.06. The molecule has 0 saturated carbocycles. The van der Waals surface area contributed by atoms with Crippen LogP contribution in [0.5, 0.6) is 0 Å². The number of hydrogen-bond donors (Lipinski definition) is 1. The Kier molecular flexibility index (Phi) is 6.16. The van der Waals surface area contributed by atoms with Crippen molar-refractivity contribution in [1.82, 2.24) is 5.43 Å². The van der Waals surface area contributed by atoms with E-state index >= 15 is 0 Å². The van der Waals surface area contributed by atoms with Gasteiger partial charge in [-0.15, -0.1) is 0 Å². The van der Waals surface area contributed by atoms with Gasteiger partial charge >= 0.3 is 5.97 Å². The summed E-state index contributed by atoms with van der Waals surface area (Å²) in [7, 11) is 1.35. The molecular weight excluding hydrogens is 387 g/mol. The van der Waals surface area contributed by atoms with Crippen molar-refractivity contribution in [2.45, 2.75) is 6.54 Å². The van der Waals surface area contributed by atoms with Crippen molar-refractivity contribution in [3.63, 3.8) is 0 Å². The molecule has 0 aliphatic heterocycles. The maximum absolute atomic E-state index is 11.6. The van der Waals surface area contributed by atoms with E-state index in [0.29, 0.717) is 33.7 Å². The summed E-state index contributed by atoms with van der Waals surface area (Å²) in [6.07, 6.45) is 1.55. The van der Waals surface area contributed by atoms with Gasteiger partial charge in [0.1, 0.15) is 11.5 Å². The molecule has 0 bridgehead atoms. The number of rotatable bonds is 6. The van der Waals surface area contributed by atoms with Gasteiger partial charge in [-0.25, -0.2) is 4.79 Å². The minimum absolute atomic E-state index is 0.393. The van der Waals surface area contributed by atoms with Gasteiger partial charge in [0.2, 0.25) is 0 Å². The fourth-order valence-electron chi connectivity index (χ4n) is 2.43. The molecule has 0 aliphatic carbocycles. The van der Waals surface area contributed by atoms with Gasteiger partial charge in [-0.1, -0.05) is 41.4 Å². The first-order chi connectivity index (χ1) is 13.1. The van der Waals surface area contributed by atoms with Crippen LogP contribution in [0.2, 0.25) is 10.0 Å². The van der Waals surface area contributed by atoms with Crippen molar-refractivity contribution in [3.05, 3.63) is 81.5 Å². The predicted octanol–water partition coefficient (Wildman–Crippen LogP) is 5.16. The molecular formula is C20H16Cl2N2O3. The van der Waals surface area contributed by atoms with Crippen LogP contribution in [0.25, 0.3) is 11.3 Å². The molecule has 1 N–H and O–H groups in total. The van der Waals surface area contributed by atoms with Crippen LogP contribution in [0.15, 0.2) is 64.1 Å². The molecule has 1 heterocycles. The molecule has 3 aromatic rings. The number of carbonyl (C=O) groups is 1. The number of furan rings is 1. The van der Waals surface area contributed by atoms with E-state index in [2.05, 4.69) is 10.5 Å². The maximum atomic E-state index is 11.6. The average molecular weight is 403 g/mol. The standard InChI is InChI=1S/C20H16Cl2N2O3/c1-26-20(25)14-5-2-4-13(10-14)19-9-8-15(27-19)11-23-24-12-16-17(21)6-3-7-18(16)22/h2-11,24H,12H2,1H3/b23-11+. The summed E-state index contributed by atoms with van der Waals surface area (Å²) in [4.78, 5) is 11.6. The average Bonchev–Trinajstić information content (AvgIpc) is 3.15. The molecule has 0 aliphatic rings. The van der Waals surface area contributed by atoms with E-state index in [1.165, 1.54) is 7.11 Å². The normalized spacial score (nSPS) is 10.9. The van der Waals surface area contributed by atoms with Crippen LogP contribution in [0.4, 0.5) is 0 Å². The van der Waals surface area contributed by atoms with Crippen LogP contribution in [0, 0.1) is 0 Å². The summed E-state index contributed by atoms with van der Waals surface area (Å²) in [5.41, 5.74) is 4.90. The van der Waals surface area contributed by atoms with E-state index in [4.69, 9.17) is 32.4 Å². The zero-order valence-corrected chi connectivity index (χ0v) is 15.9. The second kappa shape index (κ2) is 8.75. The number of carbonyl (C=O) groups excluding carboxylic acids is 1. The summed E-state index contributed by atoms with van der Waals surface area (Å²) >= 11 is 12.2. The Hall–Kier alpha value is -2.76. The lowest BCUT2D eigenvalue weighted by atomic mass is 10.1. The minimum atomic E-state index is -0.396. The summed E-state index contributed by atoms with van der Waals surface area (Å²) in [5, 5.41) is 5.28. The fraction of sp³-hybridized carbons (Fsp3) is 0.100. The van der Waals surface area contributed by atoms with E-state index in [1.807, 2.05) is 12.1 Å². The summed E-state index contributed by atoms with van der Waals surface area (Å²) in [6.45, 7) is 0.393. The highest BCUT2D eigenvalue weighted by Gasteiger charge is 2.09. The molecule has 0 saturated heterocycles. The monoisotopic (exact) mass is 402 g/mol. The van der Waals surface area contributed by atoms with Crippen LogP contribution in [-0.4, -0.2) is 19.3 Å². The van der Waals surface area contributed by atoms with Gasteiger partial charge < -0.3 is 14.6 Å². The number of benzene rings is 2. The zero-order chi connectivity index (χ0) is 19.2. The number of halogens is 2. The topological polar surface area (TPSA) is 63.8 Å². The number of ether oxygens (including phenoxy) is 1. The highest BCUT2D eigenvalue weighted by Crippen LogP contribution is 2.24. The van der Waals surface area contributed by atoms with Crippen molar-refractivity contribution < 1.29 is 13.9 Å². The molecule has 138 valence electrons. The Balaban J connectivity index is 1.66. The third kappa shape index (κ3) is 4.70. The number of nitrogens with one attached hydrogen (secondary N) is 1. The quantitative estimate of drug-likeness (QED) is 0.351. The Bertz CT molecular complexity index is 963. The van der Waals surface area contributed by atoms with Gasteiger partial charge in [0.15, 0.2) is 0 Å². The van der Waals surface area contributed by atoms with Crippen molar-refractivity contribution in [2.24, 2.45) is 5.10 Å². The highest BCUT2D eigenvalue weighted by atomic mass is 35.5. The van der Waals surface area contributed by atoms with Crippen molar-refractivity contribution in [1.29, 1.82) is 0 Å². The Labute approximate surface area is 166 Å². The summed E-state index contributed by atoms with van der Waals surface area (Å²) < 4.78 is 10.5. The van der Waals surface area contributed by atoms with E-state index in [0.717, 1.165) is 11.1 Å². The minimum Gasteiger partial charge on any atom is -0.465 e. The van der Waals surface area contributed by atoms with Crippen molar-refractivity contribution in [2.75, 3.05) is 7.11 Å². The molecule has 5 nitrogen and oxygen atoms in total. The second-order valence-electron chi connectivity index (χ2n) is 5.57. The van der Waals surface area contributed by atoms with Gasteiger partial charge in [-0.2, -0.15) is 5.10 Å². The molecule has 0 amide bonds. The van der Waals surface area contributed by atoms with E-state index in [1.54, 1.807) is 48.7 Å². The van der Waals surface area contributed by atoms with E-state index in [-0.39, 0.29) is 0 Å². The highest BCUT2D eigenvalue weighted by molar-refractivity contribution is 6.35. The third-order valence-electron chi connectivity index (χ3n) is 3.80. The number of hydrogen-bond acceptors (Lipinski definition) is 5. The van der Waals surface area contributed by atoms with Gasteiger partial charge in [0.25, 0.3) is 0 Å². The third-order valence-corrected chi connectivity index (χ3v) is 4.50. The number of esters is 1. The van der Waals surface area contributed by atoms with E-state index < -0.39 is 5.97 Å². The molecule has 0 atom stereocenters. The van der Waals surface area contributed by atoms with Gasteiger partial charge in [-0.3, -0.25) is 0 Å². The summed E-state index contributed by atoms with van der Waals surface area (Å²) in [5.74, 6) is 0.787. The molecule has 3 rings (SSSR count). The smallest absolute Gasteiger partial charge is 0.337 e. The lowest BCUT2D eigenvalue weighted by Crippen LogP contribution is -2.06. The lowest BCUT2D eigenvalue weighted by molar-refractivity contribution is 0.0601. The van der Waals surface area contributed by atoms with Crippen LogP contribution < -0.4 is 5.43 Å². The van der Waals surface area contributed by atoms with Gasteiger partial charge in [-0.05, 0) is 36.4 Å². The van der Waals surface area contributed by atoms with Crippen molar-refractivity contribution in [3.8, 4) is 11.3 Å². The Morgan fingerprint density at radius 3 is 2.63 bits per heavy atom. The van der Waals surface area contributed by atoms with Crippen LogP contribution >= 0.6 is 23.2 Å². The number of nitrogens with zero attached hydrogens (tertiary/aromatic N) is 1. The van der Waals surface area contributed by atoms with Crippen LogP contribution in [0.1, 0.15) is 21.7 Å². The molecule has 2 aromatic carbocycles. The van der Waals surface area contributed by atoms with Gasteiger partial charge in [0, 0.05) is 21.2 Å². The molecule has 0 radical (unpaired) electrons. The first kappa shape index (κ1) is 19.0. The first-order valence-corrected chi connectivity index (χ1v) is 8.81. The summed E-state index contributed by atoms with van der Waals surface area (Å²) in [6, 6.07) is 15.9. The predicted molar refractivity (Wildman–Crippen MR) is 106 cm³/mol. The number of methoxy groups -OCH3 is 1. The Morgan fingerprint density at radius 2 is 1.89 bits per heavy atom. The zero-order valence-electron chi connectivity index (χ0n) is 14.4. The lowest BCUT2D eigenvalue weighted by Gasteiger charge is -2.05. The van der Waals surface area contributed by atoms with E-state index in [9.17, 15) is 4.79 Å². The van der Waals surface area contributed by atoms with Crippen molar-refractivity contribution >= 4 is 35.4 Å². The Morgan fingerprint density at radius 1 is 1.15 bits per heavy atom. The SMILES string of the molecule is COC(=O)c1cccc(-c2ccc(/C=N/NCc3c(Cl)cccc3Cl)o2)c1. The fourth-order valence-corrected chi connectivity index (χ4v) is 2.96. The molecule has 1 aromatic heterocycles. The maximum Gasteiger partial charge on any atom is 0.337 e. The molecule has 0 fully saturated rings. The van der Waals surface area contributed by atoms with Gasteiger partial charge in [0.05, 0.1) is 25.4 Å². The molecule has 0 spiro atoms. The molecule has 27 heavy (non-hydrogen) atoms. The second-order valence-corrected chi connectivity index (χ2v) is 6.38. The van der Waals surface area contributed by atoms with Crippen LogP contribution in [0.3, 0.4) is 0 Å². The molecule has 7 heteroatoms.